The number of pyridine rings is 1. The molecule has 23 heavy (non-hydrogen) atoms. The largest absolute Gasteiger partial charge is 0.356 e. The van der Waals surface area contributed by atoms with E-state index in [9.17, 15) is 4.79 Å². The normalized spacial score (nSPS) is 11.4. The van der Waals surface area contributed by atoms with Crippen molar-refractivity contribution < 1.29 is 4.79 Å². The Labute approximate surface area is 142 Å². The summed E-state index contributed by atoms with van der Waals surface area (Å²) in [5.74, 6) is 0.109. The molecule has 0 aliphatic carbocycles. The molecular weight excluding hydrogens is 306 g/mol. The van der Waals surface area contributed by atoms with Gasteiger partial charge in [0.05, 0.1) is 5.69 Å². The summed E-state index contributed by atoms with van der Waals surface area (Å²) in [7, 11) is 0. The van der Waals surface area contributed by atoms with Gasteiger partial charge in [0, 0.05) is 36.3 Å². The summed E-state index contributed by atoms with van der Waals surface area (Å²) in [5.41, 5.74) is 2.38. The number of rotatable bonds is 7. The number of nitrogens with one attached hydrogen (secondary N) is 1. The zero-order chi connectivity index (χ0) is 16.7. The highest BCUT2D eigenvalue weighted by molar-refractivity contribution is 7.13. The van der Waals surface area contributed by atoms with Crippen molar-refractivity contribution in [2.75, 3.05) is 6.54 Å². The van der Waals surface area contributed by atoms with Gasteiger partial charge in [-0.05, 0) is 36.8 Å². The third kappa shape index (κ3) is 6.48. The lowest BCUT2D eigenvalue weighted by molar-refractivity contribution is -0.121. The van der Waals surface area contributed by atoms with E-state index in [1.807, 2.05) is 17.5 Å². The Balaban J connectivity index is 1.72. The van der Waals surface area contributed by atoms with Crippen LogP contribution >= 0.6 is 11.3 Å². The van der Waals surface area contributed by atoms with E-state index in [1.54, 1.807) is 23.7 Å². The number of carbonyl (C=O) groups is 1. The van der Waals surface area contributed by atoms with Crippen LogP contribution in [-0.2, 0) is 11.2 Å². The number of carbonyl (C=O) groups excluding carboxylic acids is 1. The smallest absolute Gasteiger partial charge is 0.220 e. The second-order valence-corrected chi connectivity index (χ2v) is 7.75. The van der Waals surface area contributed by atoms with Gasteiger partial charge < -0.3 is 5.32 Å². The van der Waals surface area contributed by atoms with E-state index < -0.39 is 0 Å². The van der Waals surface area contributed by atoms with Crippen molar-refractivity contribution in [3.05, 3.63) is 35.6 Å². The molecule has 2 aromatic rings. The Morgan fingerprint density at radius 3 is 2.70 bits per heavy atom. The average Bonchev–Trinajstić information content (AvgIpc) is 2.98. The number of aryl methyl sites for hydroxylation is 1. The molecule has 5 heteroatoms. The fourth-order valence-corrected chi connectivity index (χ4v) is 3.09. The molecule has 0 aliphatic heterocycles. The van der Waals surface area contributed by atoms with Crippen LogP contribution in [-0.4, -0.2) is 22.4 Å². The Morgan fingerprint density at radius 1 is 1.26 bits per heavy atom. The van der Waals surface area contributed by atoms with Crippen LogP contribution in [0, 0.1) is 5.41 Å². The van der Waals surface area contributed by atoms with E-state index in [1.165, 1.54) is 0 Å². The molecule has 0 atom stereocenters. The van der Waals surface area contributed by atoms with Crippen molar-refractivity contribution in [1.29, 1.82) is 0 Å². The second-order valence-electron chi connectivity index (χ2n) is 6.89. The van der Waals surface area contributed by atoms with Crippen molar-refractivity contribution in [1.82, 2.24) is 15.3 Å². The van der Waals surface area contributed by atoms with Crippen LogP contribution in [0.15, 0.2) is 29.9 Å². The lowest BCUT2D eigenvalue weighted by Crippen LogP contribution is -2.25. The van der Waals surface area contributed by atoms with E-state index in [2.05, 4.69) is 36.1 Å². The molecule has 2 rings (SSSR count). The van der Waals surface area contributed by atoms with E-state index in [0.29, 0.717) is 18.3 Å². The molecule has 0 radical (unpaired) electrons. The van der Waals surface area contributed by atoms with Crippen LogP contribution in [0.4, 0.5) is 0 Å². The summed E-state index contributed by atoms with van der Waals surface area (Å²) in [6.07, 6.45) is 6.86. The topological polar surface area (TPSA) is 54.9 Å². The maximum absolute atomic E-state index is 11.9. The Hall–Kier alpha value is -1.75. The van der Waals surface area contributed by atoms with Gasteiger partial charge in [-0.1, -0.05) is 20.8 Å². The quantitative estimate of drug-likeness (QED) is 0.778. The standard InChI is InChI=1S/C18H25N3OS/c1-18(2,3)9-4-10-20-16(22)6-5-15-13-23-17(21-15)14-7-11-19-12-8-14/h7-8,11-13H,4-6,9-10H2,1-3H3,(H,20,22). The molecule has 0 aromatic carbocycles. The number of aromatic nitrogens is 2. The molecule has 4 nitrogen and oxygen atoms in total. The van der Waals surface area contributed by atoms with Gasteiger partial charge in [-0.3, -0.25) is 9.78 Å². The fourth-order valence-electron chi connectivity index (χ4n) is 2.23. The number of hydrogen-bond donors (Lipinski definition) is 1. The molecule has 0 saturated heterocycles. The van der Waals surface area contributed by atoms with Crippen LogP contribution in [0.3, 0.4) is 0 Å². The van der Waals surface area contributed by atoms with Gasteiger partial charge in [-0.2, -0.15) is 0 Å². The minimum atomic E-state index is 0.109. The molecule has 124 valence electrons. The molecular formula is C18H25N3OS. The number of amides is 1. The number of nitrogens with zero attached hydrogens (tertiary/aromatic N) is 2. The third-order valence-corrected chi connectivity index (χ3v) is 4.45. The first-order valence-electron chi connectivity index (χ1n) is 8.05. The number of thiazole rings is 1. The molecule has 2 heterocycles. The molecule has 0 fully saturated rings. The Bertz CT molecular complexity index is 617. The number of hydrogen-bond acceptors (Lipinski definition) is 4. The highest BCUT2D eigenvalue weighted by Crippen LogP contribution is 2.23. The Morgan fingerprint density at radius 2 is 2.00 bits per heavy atom. The first kappa shape index (κ1) is 17.6. The zero-order valence-electron chi connectivity index (χ0n) is 14.1. The van der Waals surface area contributed by atoms with Gasteiger partial charge in [0.15, 0.2) is 0 Å². The molecule has 0 spiro atoms. The van der Waals surface area contributed by atoms with Gasteiger partial charge >= 0.3 is 0 Å². The molecule has 1 amide bonds. The highest BCUT2D eigenvalue weighted by atomic mass is 32.1. The van der Waals surface area contributed by atoms with Crippen LogP contribution in [0.25, 0.3) is 10.6 Å². The third-order valence-electron chi connectivity index (χ3n) is 3.51. The zero-order valence-corrected chi connectivity index (χ0v) is 14.9. The van der Waals surface area contributed by atoms with E-state index in [-0.39, 0.29) is 5.91 Å². The summed E-state index contributed by atoms with van der Waals surface area (Å²) >= 11 is 1.61. The van der Waals surface area contributed by atoms with E-state index >= 15 is 0 Å². The second kappa shape index (κ2) is 8.20. The van der Waals surface area contributed by atoms with Crippen molar-refractivity contribution in [3.8, 4) is 10.6 Å². The maximum Gasteiger partial charge on any atom is 0.220 e. The SMILES string of the molecule is CC(C)(C)CCCNC(=O)CCc1csc(-c2ccncc2)n1. The van der Waals surface area contributed by atoms with Crippen molar-refractivity contribution in [2.45, 2.75) is 46.5 Å². The van der Waals surface area contributed by atoms with Crippen LogP contribution in [0.2, 0.25) is 0 Å². The minimum Gasteiger partial charge on any atom is -0.356 e. The Kier molecular flexibility index (Phi) is 6.28. The lowest BCUT2D eigenvalue weighted by atomic mass is 9.91. The van der Waals surface area contributed by atoms with Crippen molar-refractivity contribution in [2.24, 2.45) is 5.41 Å². The fraction of sp³-hybridized carbons (Fsp3) is 0.500. The molecule has 2 aromatic heterocycles. The van der Waals surface area contributed by atoms with Gasteiger partial charge in [0.25, 0.3) is 0 Å². The van der Waals surface area contributed by atoms with Gasteiger partial charge in [-0.15, -0.1) is 11.3 Å². The predicted octanol–water partition coefficient (Wildman–Crippen LogP) is 4.08. The minimum absolute atomic E-state index is 0.109. The molecule has 0 saturated carbocycles. The van der Waals surface area contributed by atoms with Crippen LogP contribution in [0.1, 0.15) is 45.7 Å². The summed E-state index contributed by atoms with van der Waals surface area (Å²) in [6.45, 7) is 7.42. The van der Waals surface area contributed by atoms with Crippen LogP contribution < -0.4 is 5.32 Å². The average molecular weight is 331 g/mol. The highest BCUT2D eigenvalue weighted by Gasteiger charge is 2.10. The summed E-state index contributed by atoms with van der Waals surface area (Å²) in [6, 6.07) is 3.90. The maximum atomic E-state index is 11.9. The molecule has 0 aliphatic rings. The van der Waals surface area contributed by atoms with Crippen molar-refractivity contribution in [3.63, 3.8) is 0 Å². The van der Waals surface area contributed by atoms with Gasteiger partial charge in [0.2, 0.25) is 5.91 Å². The van der Waals surface area contributed by atoms with E-state index in [4.69, 9.17) is 0 Å². The molecule has 0 unspecified atom stereocenters. The lowest BCUT2D eigenvalue weighted by Gasteiger charge is -2.17. The van der Waals surface area contributed by atoms with Crippen LogP contribution in [0.5, 0.6) is 0 Å². The first-order chi connectivity index (χ1) is 10.9. The van der Waals surface area contributed by atoms with Gasteiger partial charge in [0.1, 0.15) is 5.01 Å². The summed E-state index contributed by atoms with van der Waals surface area (Å²) in [4.78, 5) is 20.5. The van der Waals surface area contributed by atoms with Gasteiger partial charge in [-0.25, -0.2) is 4.98 Å². The van der Waals surface area contributed by atoms with Crippen molar-refractivity contribution >= 4 is 17.2 Å². The monoisotopic (exact) mass is 331 g/mol. The molecule has 1 N–H and O–H groups in total. The summed E-state index contributed by atoms with van der Waals surface area (Å²) in [5, 5.41) is 6.00. The summed E-state index contributed by atoms with van der Waals surface area (Å²) < 4.78 is 0. The predicted molar refractivity (Wildman–Crippen MR) is 95.4 cm³/mol. The van der Waals surface area contributed by atoms with E-state index in [0.717, 1.165) is 35.7 Å². The first-order valence-corrected chi connectivity index (χ1v) is 8.93. The molecule has 0 bridgehead atoms.